The molecule has 2 rings (SSSR count). The summed E-state index contributed by atoms with van der Waals surface area (Å²) in [6.07, 6.45) is -3.23. The van der Waals surface area contributed by atoms with Crippen molar-refractivity contribution in [3.8, 4) is 0 Å². The third kappa shape index (κ3) is 3.93. The van der Waals surface area contributed by atoms with E-state index in [1.54, 1.807) is 30.3 Å². The zero-order valence-corrected chi connectivity index (χ0v) is 15.7. The molecule has 2 unspecified atom stereocenters. The number of carbonyl (C=O) groups is 2. The van der Waals surface area contributed by atoms with Gasteiger partial charge >= 0.3 is 133 Å². The van der Waals surface area contributed by atoms with Crippen molar-refractivity contribution in [3.05, 3.63) is 30.3 Å². The Kier molecular flexibility index (Phi) is 5.58. The van der Waals surface area contributed by atoms with E-state index in [1.165, 1.54) is 0 Å². The number of benzene rings is 1. The summed E-state index contributed by atoms with van der Waals surface area (Å²) in [6.45, 7) is -0.289. The van der Waals surface area contributed by atoms with E-state index in [4.69, 9.17) is 4.74 Å². The van der Waals surface area contributed by atoms with Gasteiger partial charge in [-0.1, -0.05) is 0 Å². The fraction of sp³-hybridized carbons (Fsp3) is 0.333. The quantitative estimate of drug-likeness (QED) is 0.328. The molecule has 0 amide bonds. The molecule has 1 aromatic rings. The van der Waals surface area contributed by atoms with Crippen LogP contribution in [0, 0.1) is 0 Å². The zero-order valence-electron chi connectivity index (χ0n) is 10.6. The van der Waals surface area contributed by atoms with Crippen molar-refractivity contribution in [2.75, 3.05) is 6.61 Å². The molecule has 1 aromatic carbocycles. The summed E-state index contributed by atoms with van der Waals surface area (Å²) in [6, 6.07) is 8.82. The van der Waals surface area contributed by atoms with Crippen LogP contribution in [0.15, 0.2) is 30.3 Å². The van der Waals surface area contributed by atoms with Crippen molar-refractivity contribution in [3.63, 3.8) is 0 Å². The maximum absolute atomic E-state index is 13.7. The van der Waals surface area contributed by atoms with Crippen molar-refractivity contribution in [1.82, 2.24) is 0 Å². The van der Waals surface area contributed by atoms with Crippen LogP contribution in [0.3, 0.4) is 0 Å². The molecule has 0 saturated carbocycles. The number of alkyl halides is 2. The molecule has 1 aliphatic heterocycles. The van der Waals surface area contributed by atoms with E-state index in [1.807, 2.05) is 9.47 Å². The monoisotopic (exact) mass is 514 g/mol. The summed E-state index contributed by atoms with van der Waals surface area (Å²) in [5, 5.41) is 0. The van der Waals surface area contributed by atoms with Crippen LogP contribution in [0.1, 0.15) is 0 Å². The van der Waals surface area contributed by atoms with E-state index in [2.05, 4.69) is 9.26 Å². The Hall–Kier alpha value is -0.707. The molecule has 0 N–H and O–H groups in total. The summed E-state index contributed by atoms with van der Waals surface area (Å²) in [7, 11) is 1.87. The number of esters is 1. The van der Waals surface area contributed by atoms with Gasteiger partial charge in [0.05, 0.1) is 0 Å². The number of halogens is 2. The number of carbonyl (C=O) groups excluding carboxylic acids is 2. The molecule has 1 saturated heterocycles. The Morgan fingerprint density at radius 1 is 1.38 bits per heavy atom. The van der Waals surface area contributed by atoms with Crippen LogP contribution >= 0.6 is 9.47 Å². The van der Waals surface area contributed by atoms with Crippen molar-refractivity contribution in [1.29, 1.82) is 0 Å². The van der Waals surface area contributed by atoms with Crippen LogP contribution in [-0.2, 0) is 18.8 Å². The van der Waals surface area contributed by atoms with Crippen molar-refractivity contribution >= 4 is 45.6 Å². The minimum absolute atomic E-state index is 0.289. The van der Waals surface area contributed by atoms with Crippen LogP contribution in [0.2, 0.25) is 0 Å². The van der Waals surface area contributed by atoms with Crippen molar-refractivity contribution < 1.29 is 32.4 Å². The first-order chi connectivity index (χ1) is 9.95. The van der Waals surface area contributed by atoms with Crippen LogP contribution < -0.4 is 3.27 Å². The van der Waals surface area contributed by atoms with Gasteiger partial charge in [0.1, 0.15) is 0 Å². The third-order valence-electron chi connectivity index (χ3n) is 2.74. The van der Waals surface area contributed by atoms with E-state index in [-0.39, 0.29) is 6.61 Å². The summed E-state index contributed by atoms with van der Waals surface area (Å²) in [5.74, 6) is -5.54. The van der Waals surface area contributed by atoms with Crippen LogP contribution in [0.4, 0.5) is 13.6 Å². The first kappa shape index (κ1) is 16.7. The molecule has 21 heavy (non-hydrogen) atoms. The molecule has 1 fully saturated rings. The molecule has 3 atom stereocenters. The molecule has 0 spiro atoms. The number of ether oxygens (including phenoxy) is 2. The molecule has 1 heterocycles. The number of cyclic esters (lactones) is 1. The summed E-state index contributed by atoms with van der Waals surface area (Å²) < 4.78 is 41.5. The Bertz CT molecular complexity index is 528. The standard InChI is InChI=1S/C6H6F2O5P.C6H5.Bi.H/c7-6(8)4(11-2-9)3(1-12-14)13-5(6)10;1-2-4-6-5-3-1;;/h3-4H,1,14H2;1-5H;;/t3-,4?;;;/m1.../s1. The molecule has 114 valence electrons. The number of hydrogen-bond acceptors (Lipinski definition) is 5. The van der Waals surface area contributed by atoms with Gasteiger partial charge in [-0.2, -0.15) is 0 Å². The van der Waals surface area contributed by atoms with Gasteiger partial charge in [-0.3, -0.25) is 0 Å². The molecule has 0 radical (unpaired) electrons. The predicted molar refractivity (Wildman–Crippen MR) is 74.0 cm³/mol. The minimum atomic E-state index is -3.84. The number of hydrogen-bond donors (Lipinski definition) is 0. The third-order valence-corrected chi connectivity index (χ3v) is 6.60. The molecule has 5 nitrogen and oxygen atoms in total. The van der Waals surface area contributed by atoms with E-state index < -0.39 is 51.0 Å². The molecule has 0 bridgehead atoms. The summed E-state index contributed by atoms with van der Waals surface area (Å²) in [5.41, 5.74) is 0. The Labute approximate surface area is 133 Å². The van der Waals surface area contributed by atoms with Crippen LogP contribution in [0.25, 0.3) is 0 Å². The van der Waals surface area contributed by atoms with Crippen LogP contribution in [0.5, 0.6) is 0 Å². The molecular weight excluding hydrogens is 502 g/mol. The Balaban J connectivity index is 2.05. The average molecular weight is 514 g/mol. The maximum atomic E-state index is 13.7. The van der Waals surface area contributed by atoms with Gasteiger partial charge in [0.15, 0.2) is 0 Å². The first-order valence-electron chi connectivity index (χ1n) is 5.88. The van der Waals surface area contributed by atoms with E-state index in [0.29, 0.717) is 0 Å². The van der Waals surface area contributed by atoms with Crippen molar-refractivity contribution in [2.24, 2.45) is 0 Å². The SMILES string of the molecule is O=[C](OC1[C@@H](COP)OC(=O)C1(F)F)[BiH][c]1ccccc1. The molecule has 0 aromatic heterocycles. The Morgan fingerprint density at radius 3 is 2.67 bits per heavy atom. The molecule has 9 heteroatoms. The predicted octanol–water partition coefficient (Wildman–Crippen LogP) is 0.621. The second-order valence-electron chi connectivity index (χ2n) is 4.22. The van der Waals surface area contributed by atoms with Crippen LogP contribution in [-0.4, -0.2) is 57.6 Å². The summed E-state index contributed by atoms with van der Waals surface area (Å²) >= 11 is -2.07. The van der Waals surface area contributed by atoms with E-state index >= 15 is 0 Å². The average Bonchev–Trinajstić information content (AvgIpc) is 2.64. The first-order valence-corrected chi connectivity index (χ1v) is 10.2. The van der Waals surface area contributed by atoms with Gasteiger partial charge in [0.2, 0.25) is 0 Å². The zero-order chi connectivity index (χ0) is 15.5. The van der Waals surface area contributed by atoms with E-state index in [9.17, 15) is 18.4 Å². The Morgan fingerprint density at radius 2 is 2.05 bits per heavy atom. The van der Waals surface area contributed by atoms with Crippen molar-refractivity contribution in [2.45, 2.75) is 18.1 Å². The van der Waals surface area contributed by atoms with Gasteiger partial charge in [0.25, 0.3) is 0 Å². The molecular formula is C12H12BiF2O5P. The fourth-order valence-electron chi connectivity index (χ4n) is 1.78. The van der Waals surface area contributed by atoms with Gasteiger partial charge < -0.3 is 0 Å². The fourth-order valence-corrected chi connectivity index (χ4v) is 5.00. The second-order valence-corrected chi connectivity index (χ2v) is 9.35. The second kappa shape index (κ2) is 7.04. The van der Waals surface area contributed by atoms with Gasteiger partial charge in [-0.05, 0) is 0 Å². The number of rotatable bonds is 5. The van der Waals surface area contributed by atoms with E-state index in [0.717, 1.165) is 3.27 Å². The van der Waals surface area contributed by atoms with Gasteiger partial charge in [-0.15, -0.1) is 0 Å². The van der Waals surface area contributed by atoms with Gasteiger partial charge in [-0.25, -0.2) is 0 Å². The van der Waals surface area contributed by atoms with Gasteiger partial charge in [0, 0.05) is 0 Å². The topological polar surface area (TPSA) is 61.8 Å². The molecule has 1 aliphatic rings. The summed E-state index contributed by atoms with van der Waals surface area (Å²) in [4.78, 5) is 23.0. The normalized spacial score (nSPS) is 23.7. The molecule has 0 aliphatic carbocycles.